The van der Waals surface area contributed by atoms with E-state index in [4.69, 9.17) is 4.74 Å². The fourth-order valence-electron chi connectivity index (χ4n) is 2.89. The Hall–Kier alpha value is -2.82. The molecule has 0 unspecified atom stereocenters. The van der Waals surface area contributed by atoms with Crippen molar-refractivity contribution in [2.45, 2.75) is 33.6 Å². The van der Waals surface area contributed by atoms with Crippen molar-refractivity contribution in [3.63, 3.8) is 0 Å². The monoisotopic (exact) mass is 404 g/mol. The number of rotatable bonds is 6. The summed E-state index contributed by atoms with van der Waals surface area (Å²) in [7, 11) is 0. The largest absolute Gasteiger partial charge is 0.491 e. The normalized spacial score (nSPS) is 10.3. The molecule has 29 heavy (non-hydrogen) atoms. The van der Waals surface area contributed by atoms with Gasteiger partial charge < -0.3 is 4.74 Å². The molecule has 0 N–H and O–H groups in total. The molecule has 0 aliphatic carbocycles. The van der Waals surface area contributed by atoms with Gasteiger partial charge in [0.1, 0.15) is 0 Å². The van der Waals surface area contributed by atoms with E-state index in [9.17, 15) is 17.6 Å². The summed E-state index contributed by atoms with van der Waals surface area (Å²) in [4.78, 5) is 0. The summed E-state index contributed by atoms with van der Waals surface area (Å²) in [5.41, 5.74) is 1.87. The average molecular weight is 404 g/mol. The first-order valence-electron chi connectivity index (χ1n) is 9.64. The van der Waals surface area contributed by atoms with Crippen molar-refractivity contribution in [3.05, 3.63) is 89.0 Å². The third-order valence-corrected chi connectivity index (χ3v) is 4.33. The summed E-state index contributed by atoms with van der Waals surface area (Å²) in [6, 6.07) is 13.9. The van der Waals surface area contributed by atoms with Crippen LogP contribution in [0.15, 0.2) is 54.6 Å². The van der Waals surface area contributed by atoms with Crippen LogP contribution >= 0.6 is 0 Å². The third-order valence-electron chi connectivity index (χ3n) is 4.33. The highest BCUT2D eigenvalue weighted by atomic mass is 19.2. The van der Waals surface area contributed by atoms with Gasteiger partial charge in [-0.3, -0.25) is 0 Å². The van der Waals surface area contributed by atoms with Gasteiger partial charge in [0.2, 0.25) is 5.82 Å². The number of aryl methyl sites for hydroxylation is 2. The van der Waals surface area contributed by atoms with Crippen LogP contribution in [0.1, 0.15) is 31.9 Å². The lowest BCUT2D eigenvalue weighted by molar-refractivity contribution is 0.313. The number of benzene rings is 3. The molecule has 0 aromatic heterocycles. The maximum absolute atomic E-state index is 14.1. The predicted octanol–water partition coefficient (Wildman–Crippen LogP) is 7.12. The molecular weight excluding hydrogens is 380 g/mol. The minimum Gasteiger partial charge on any atom is -0.491 e. The second-order valence-electron chi connectivity index (χ2n) is 6.08. The summed E-state index contributed by atoms with van der Waals surface area (Å²) in [5, 5.41) is 0. The van der Waals surface area contributed by atoms with Crippen molar-refractivity contribution >= 4 is 0 Å². The van der Waals surface area contributed by atoms with Crippen molar-refractivity contribution in [2.75, 3.05) is 6.61 Å². The van der Waals surface area contributed by atoms with E-state index in [0.717, 1.165) is 11.6 Å². The van der Waals surface area contributed by atoms with E-state index in [0.29, 0.717) is 18.4 Å². The van der Waals surface area contributed by atoms with Crippen LogP contribution in [0.3, 0.4) is 0 Å². The van der Waals surface area contributed by atoms with Gasteiger partial charge in [-0.1, -0.05) is 56.3 Å². The fraction of sp³-hybridized carbons (Fsp3) is 0.250. The number of hydrogen-bond acceptors (Lipinski definition) is 1. The van der Waals surface area contributed by atoms with Crippen LogP contribution in [-0.4, -0.2) is 6.61 Å². The maximum atomic E-state index is 14.1. The van der Waals surface area contributed by atoms with Crippen LogP contribution in [0.2, 0.25) is 0 Å². The molecule has 0 atom stereocenters. The standard InChI is InChI=1S/C22H18F4O.C2H6/c1-2-27-19-13-12-16(20(24)22(19)26)11-8-14-6-9-15(10-7-14)17-4-3-5-18(23)21(17)25;1-2/h3-7,9-10,12-13H,2,8,11H2,1H3;1-2H3. The minimum absolute atomic E-state index is 0.0970. The Kier molecular flexibility index (Phi) is 8.25. The summed E-state index contributed by atoms with van der Waals surface area (Å²) in [5.74, 6) is -3.77. The fourth-order valence-corrected chi connectivity index (χ4v) is 2.89. The molecule has 0 fully saturated rings. The van der Waals surface area contributed by atoms with Crippen molar-refractivity contribution in [2.24, 2.45) is 0 Å². The Balaban J connectivity index is 0.00000145. The van der Waals surface area contributed by atoms with Crippen molar-refractivity contribution < 1.29 is 22.3 Å². The van der Waals surface area contributed by atoms with Crippen LogP contribution in [-0.2, 0) is 12.8 Å². The van der Waals surface area contributed by atoms with Gasteiger partial charge in [0.05, 0.1) is 6.61 Å². The zero-order chi connectivity index (χ0) is 21.4. The highest BCUT2D eigenvalue weighted by Crippen LogP contribution is 2.26. The lowest BCUT2D eigenvalue weighted by Crippen LogP contribution is -2.02. The van der Waals surface area contributed by atoms with E-state index < -0.39 is 23.3 Å². The molecule has 0 spiro atoms. The minimum atomic E-state index is -0.980. The van der Waals surface area contributed by atoms with Gasteiger partial charge >= 0.3 is 0 Å². The van der Waals surface area contributed by atoms with E-state index in [1.54, 1.807) is 31.2 Å². The molecule has 0 aliphatic rings. The van der Waals surface area contributed by atoms with Gasteiger partial charge in [0.15, 0.2) is 23.2 Å². The molecule has 154 valence electrons. The van der Waals surface area contributed by atoms with Crippen molar-refractivity contribution in [3.8, 4) is 16.9 Å². The third kappa shape index (κ3) is 5.37. The van der Waals surface area contributed by atoms with E-state index in [-0.39, 0.29) is 23.5 Å². The number of halogens is 4. The smallest absolute Gasteiger partial charge is 0.200 e. The average Bonchev–Trinajstić information content (AvgIpc) is 2.75. The zero-order valence-corrected chi connectivity index (χ0v) is 16.7. The second-order valence-corrected chi connectivity index (χ2v) is 6.08. The molecule has 0 amide bonds. The molecular formula is C24H24F4O. The first-order chi connectivity index (χ1) is 14.0. The molecule has 0 radical (unpaired) electrons. The maximum Gasteiger partial charge on any atom is 0.200 e. The molecule has 3 aromatic rings. The van der Waals surface area contributed by atoms with Crippen LogP contribution in [0.25, 0.3) is 11.1 Å². The summed E-state index contributed by atoms with van der Waals surface area (Å²) in [6.07, 6.45) is 0.791. The Morgan fingerprint density at radius 2 is 1.41 bits per heavy atom. The van der Waals surface area contributed by atoms with Crippen LogP contribution in [0.5, 0.6) is 5.75 Å². The van der Waals surface area contributed by atoms with Crippen molar-refractivity contribution in [1.82, 2.24) is 0 Å². The Morgan fingerprint density at radius 1 is 0.724 bits per heavy atom. The van der Waals surface area contributed by atoms with Gasteiger partial charge in [-0.15, -0.1) is 0 Å². The number of ether oxygens (including phenoxy) is 1. The molecule has 0 bridgehead atoms. The molecule has 0 aliphatic heterocycles. The van der Waals surface area contributed by atoms with E-state index in [1.807, 2.05) is 13.8 Å². The van der Waals surface area contributed by atoms with Crippen molar-refractivity contribution in [1.29, 1.82) is 0 Å². The van der Waals surface area contributed by atoms with Gasteiger partial charge in [0, 0.05) is 5.56 Å². The second kappa shape index (κ2) is 10.6. The molecule has 0 saturated carbocycles. The molecule has 0 saturated heterocycles. The van der Waals surface area contributed by atoms with Gasteiger partial charge in [-0.05, 0) is 48.6 Å². The predicted molar refractivity (Wildman–Crippen MR) is 108 cm³/mol. The van der Waals surface area contributed by atoms with Gasteiger partial charge in [0.25, 0.3) is 0 Å². The summed E-state index contributed by atoms with van der Waals surface area (Å²) < 4.78 is 60.3. The lowest BCUT2D eigenvalue weighted by Gasteiger charge is -2.09. The van der Waals surface area contributed by atoms with E-state index in [2.05, 4.69) is 0 Å². The lowest BCUT2D eigenvalue weighted by atomic mass is 9.99. The van der Waals surface area contributed by atoms with Gasteiger partial charge in [-0.25, -0.2) is 13.2 Å². The topological polar surface area (TPSA) is 9.23 Å². The number of hydrogen-bond donors (Lipinski definition) is 0. The highest BCUT2D eigenvalue weighted by molar-refractivity contribution is 5.64. The molecule has 5 heteroatoms. The Morgan fingerprint density at radius 3 is 2.07 bits per heavy atom. The van der Waals surface area contributed by atoms with Crippen LogP contribution < -0.4 is 4.74 Å². The Labute approximate surface area is 169 Å². The first kappa shape index (κ1) is 22.5. The molecule has 3 aromatic carbocycles. The Bertz CT molecular complexity index is 936. The van der Waals surface area contributed by atoms with E-state index in [1.165, 1.54) is 24.3 Å². The van der Waals surface area contributed by atoms with Crippen LogP contribution in [0.4, 0.5) is 17.6 Å². The zero-order valence-electron chi connectivity index (χ0n) is 16.7. The summed E-state index contributed by atoms with van der Waals surface area (Å²) >= 11 is 0. The highest BCUT2D eigenvalue weighted by Gasteiger charge is 2.14. The summed E-state index contributed by atoms with van der Waals surface area (Å²) in [6.45, 7) is 5.96. The SMILES string of the molecule is CC.CCOc1ccc(CCc2ccc(-c3cccc(F)c3F)cc2)c(F)c1F. The van der Waals surface area contributed by atoms with E-state index >= 15 is 0 Å². The van der Waals surface area contributed by atoms with Crippen LogP contribution in [0, 0.1) is 23.3 Å². The first-order valence-corrected chi connectivity index (χ1v) is 9.64. The molecule has 3 rings (SSSR count). The van der Waals surface area contributed by atoms with Gasteiger partial charge in [-0.2, -0.15) is 4.39 Å². The molecule has 1 nitrogen and oxygen atoms in total. The quantitative estimate of drug-likeness (QED) is 0.398. The molecule has 0 heterocycles.